The quantitative estimate of drug-likeness (QED) is 0.790. The molecule has 98 valence electrons. The Kier molecular flexibility index (Phi) is 4.83. The Bertz CT molecular complexity index is 375. The lowest BCUT2D eigenvalue weighted by Crippen LogP contribution is -2.47. The third-order valence-corrected chi connectivity index (χ3v) is 3.31. The lowest BCUT2D eigenvalue weighted by molar-refractivity contribution is 0.255. The van der Waals surface area contributed by atoms with Crippen molar-refractivity contribution in [3.8, 4) is 0 Å². The van der Waals surface area contributed by atoms with Crippen LogP contribution in [-0.4, -0.2) is 52.6 Å². The van der Waals surface area contributed by atoms with Gasteiger partial charge in [-0.1, -0.05) is 12.2 Å². The van der Waals surface area contributed by atoms with E-state index < -0.39 is 0 Å². The molecule has 0 saturated carbocycles. The van der Waals surface area contributed by atoms with Crippen LogP contribution in [0.1, 0.15) is 12.8 Å². The van der Waals surface area contributed by atoms with Gasteiger partial charge in [0.1, 0.15) is 0 Å². The van der Waals surface area contributed by atoms with Gasteiger partial charge in [-0.05, 0) is 25.5 Å². The van der Waals surface area contributed by atoms with Gasteiger partial charge in [0.05, 0.1) is 4.99 Å². The molecule has 18 heavy (non-hydrogen) atoms. The van der Waals surface area contributed by atoms with E-state index >= 15 is 0 Å². The summed E-state index contributed by atoms with van der Waals surface area (Å²) in [4.78, 5) is 13.8. The van der Waals surface area contributed by atoms with Crippen LogP contribution in [0.2, 0.25) is 0 Å². The van der Waals surface area contributed by atoms with E-state index in [2.05, 4.69) is 19.8 Å². The molecule has 0 spiro atoms. The van der Waals surface area contributed by atoms with E-state index in [1.165, 1.54) is 0 Å². The third kappa shape index (κ3) is 3.89. The van der Waals surface area contributed by atoms with Crippen LogP contribution in [0.4, 0.5) is 5.95 Å². The normalized spacial score (nSPS) is 16.8. The first-order valence-corrected chi connectivity index (χ1v) is 6.69. The molecule has 0 bridgehead atoms. The van der Waals surface area contributed by atoms with Crippen molar-refractivity contribution in [2.24, 2.45) is 5.73 Å². The second-order valence-electron chi connectivity index (χ2n) is 4.45. The number of nitrogens with two attached hydrogens (primary N) is 1. The fourth-order valence-corrected chi connectivity index (χ4v) is 2.25. The van der Waals surface area contributed by atoms with Gasteiger partial charge in [0.25, 0.3) is 0 Å². The zero-order valence-electron chi connectivity index (χ0n) is 10.5. The van der Waals surface area contributed by atoms with Gasteiger partial charge in [0, 0.05) is 38.6 Å². The second-order valence-corrected chi connectivity index (χ2v) is 4.97. The fourth-order valence-electron chi connectivity index (χ4n) is 2.10. The number of anilines is 1. The Morgan fingerprint density at radius 1 is 1.22 bits per heavy atom. The summed E-state index contributed by atoms with van der Waals surface area (Å²) in [6, 6.07) is 1.84. The highest BCUT2D eigenvalue weighted by molar-refractivity contribution is 7.80. The summed E-state index contributed by atoms with van der Waals surface area (Å²) in [5.74, 6) is 0.834. The average molecular weight is 265 g/mol. The van der Waals surface area contributed by atoms with Crippen molar-refractivity contribution in [1.82, 2.24) is 14.9 Å². The van der Waals surface area contributed by atoms with Gasteiger partial charge in [-0.15, -0.1) is 0 Å². The first-order valence-electron chi connectivity index (χ1n) is 6.28. The number of aromatic nitrogens is 2. The molecule has 2 N–H and O–H groups in total. The van der Waals surface area contributed by atoms with E-state index in [9.17, 15) is 0 Å². The van der Waals surface area contributed by atoms with Gasteiger partial charge < -0.3 is 10.6 Å². The molecule has 0 atom stereocenters. The van der Waals surface area contributed by atoms with Crippen molar-refractivity contribution < 1.29 is 0 Å². The van der Waals surface area contributed by atoms with Gasteiger partial charge in [0.2, 0.25) is 5.95 Å². The minimum Gasteiger partial charge on any atom is -0.393 e. The zero-order valence-corrected chi connectivity index (χ0v) is 11.3. The molecule has 0 radical (unpaired) electrons. The summed E-state index contributed by atoms with van der Waals surface area (Å²) < 4.78 is 0. The van der Waals surface area contributed by atoms with E-state index in [1.54, 1.807) is 12.4 Å². The largest absolute Gasteiger partial charge is 0.393 e. The fraction of sp³-hybridized carbons (Fsp3) is 0.583. The number of piperazine rings is 1. The van der Waals surface area contributed by atoms with Crippen LogP contribution >= 0.6 is 12.2 Å². The Morgan fingerprint density at radius 3 is 2.50 bits per heavy atom. The number of thiocarbonyl (C=S) groups is 1. The van der Waals surface area contributed by atoms with E-state index in [4.69, 9.17) is 18.0 Å². The highest BCUT2D eigenvalue weighted by Gasteiger charge is 2.17. The summed E-state index contributed by atoms with van der Waals surface area (Å²) in [6.45, 7) is 5.14. The topological polar surface area (TPSA) is 58.3 Å². The molecule has 2 rings (SSSR count). The van der Waals surface area contributed by atoms with Crippen molar-refractivity contribution >= 4 is 23.2 Å². The SMILES string of the molecule is NC(=S)CCCN1CCN(c2ncccn2)CC1. The lowest BCUT2D eigenvalue weighted by Gasteiger charge is -2.34. The van der Waals surface area contributed by atoms with Crippen molar-refractivity contribution in [1.29, 1.82) is 0 Å². The first-order chi connectivity index (χ1) is 8.75. The molecule has 1 aromatic rings. The van der Waals surface area contributed by atoms with Crippen molar-refractivity contribution in [2.45, 2.75) is 12.8 Å². The summed E-state index contributed by atoms with van der Waals surface area (Å²) >= 11 is 4.88. The summed E-state index contributed by atoms with van der Waals surface area (Å²) in [7, 11) is 0. The predicted molar refractivity (Wildman–Crippen MR) is 76.7 cm³/mol. The van der Waals surface area contributed by atoms with Gasteiger partial charge >= 0.3 is 0 Å². The van der Waals surface area contributed by atoms with Crippen molar-refractivity contribution in [2.75, 3.05) is 37.6 Å². The summed E-state index contributed by atoms with van der Waals surface area (Å²) in [5.41, 5.74) is 5.49. The van der Waals surface area contributed by atoms with Crippen LogP contribution in [-0.2, 0) is 0 Å². The highest BCUT2D eigenvalue weighted by atomic mass is 32.1. The standard InChI is InChI=1S/C12H19N5S/c13-11(18)3-1-6-16-7-9-17(10-8-16)12-14-4-2-5-15-12/h2,4-5H,1,3,6-10H2,(H2,13,18). The Labute approximate surface area is 113 Å². The van der Waals surface area contributed by atoms with E-state index in [0.717, 1.165) is 51.5 Å². The molecule has 1 fully saturated rings. The Balaban J connectivity index is 1.73. The molecule has 0 aliphatic carbocycles. The molecule has 0 unspecified atom stereocenters. The molecular weight excluding hydrogens is 246 g/mol. The Hall–Kier alpha value is -1.27. The van der Waals surface area contributed by atoms with E-state index in [0.29, 0.717) is 4.99 Å². The predicted octanol–water partition coefficient (Wildman–Crippen LogP) is 0.665. The van der Waals surface area contributed by atoms with Crippen molar-refractivity contribution in [3.63, 3.8) is 0 Å². The van der Waals surface area contributed by atoms with Gasteiger partial charge in [-0.25, -0.2) is 9.97 Å². The van der Waals surface area contributed by atoms with Crippen LogP contribution in [0.25, 0.3) is 0 Å². The van der Waals surface area contributed by atoms with Crippen LogP contribution in [0.3, 0.4) is 0 Å². The molecule has 1 saturated heterocycles. The maximum Gasteiger partial charge on any atom is 0.225 e. The van der Waals surface area contributed by atoms with E-state index in [1.807, 2.05) is 6.07 Å². The van der Waals surface area contributed by atoms with Crippen LogP contribution in [0.5, 0.6) is 0 Å². The molecule has 6 heteroatoms. The van der Waals surface area contributed by atoms with Crippen molar-refractivity contribution in [3.05, 3.63) is 18.5 Å². The Morgan fingerprint density at radius 2 is 1.89 bits per heavy atom. The van der Waals surface area contributed by atoms with Gasteiger partial charge in [-0.2, -0.15) is 0 Å². The summed E-state index contributed by atoms with van der Waals surface area (Å²) in [5, 5.41) is 0. The van der Waals surface area contributed by atoms with Crippen LogP contribution < -0.4 is 10.6 Å². The number of hydrogen-bond acceptors (Lipinski definition) is 5. The minimum atomic E-state index is 0.617. The average Bonchev–Trinajstić information content (AvgIpc) is 2.40. The zero-order chi connectivity index (χ0) is 12.8. The molecule has 2 heterocycles. The molecule has 1 aromatic heterocycles. The number of hydrogen-bond donors (Lipinski definition) is 1. The monoisotopic (exact) mass is 265 g/mol. The minimum absolute atomic E-state index is 0.617. The van der Waals surface area contributed by atoms with Crippen LogP contribution in [0, 0.1) is 0 Å². The van der Waals surface area contributed by atoms with Gasteiger partial charge in [0.15, 0.2) is 0 Å². The van der Waals surface area contributed by atoms with Gasteiger partial charge in [-0.3, -0.25) is 4.90 Å². The molecule has 1 aliphatic heterocycles. The molecule has 0 amide bonds. The molecule has 0 aromatic carbocycles. The molecule has 5 nitrogen and oxygen atoms in total. The smallest absolute Gasteiger partial charge is 0.225 e. The first kappa shape index (κ1) is 13.2. The van der Waals surface area contributed by atoms with E-state index in [-0.39, 0.29) is 0 Å². The molecule has 1 aliphatic rings. The second kappa shape index (κ2) is 6.61. The summed E-state index contributed by atoms with van der Waals surface area (Å²) in [6.07, 6.45) is 5.47. The lowest BCUT2D eigenvalue weighted by atomic mass is 10.2. The maximum atomic E-state index is 5.49. The number of rotatable bonds is 5. The molecular formula is C12H19N5S. The van der Waals surface area contributed by atoms with Crippen LogP contribution in [0.15, 0.2) is 18.5 Å². The highest BCUT2D eigenvalue weighted by Crippen LogP contribution is 2.10. The number of nitrogens with zero attached hydrogens (tertiary/aromatic N) is 4. The third-order valence-electron chi connectivity index (χ3n) is 3.10. The maximum absolute atomic E-state index is 5.49.